The number of aromatic carboxylic acids is 1. The molecule has 0 atom stereocenters. The quantitative estimate of drug-likeness (QED) is 0.684. The molecule has 28 heavy (non-hydrogen) atoms. The summed E-state index contributed by atoms with van der Waals surface area (Å²) in [7, 11) is 1.50. The van der Waals surface area contributed by atoms with Crippen LogP contribution in [0.25, 0.3) is 11.1 Å². The van der Waals surface area contributed by atoms with Crippen LogP contribution in [-0.4, -0.2) is 29.2 Å². The van der Waals surface area contributed by atoms with Crippen molar-refractivity contribution < 1.29 is 19.5 Å². The van der Waals surface area contributed by atoms with Crippen molar-refractivity contribution in [2.75, 3.05) is 7.11 Å². The van der Waals surface area contributed by atoms with Gasteiger partial charge in [-0.15, -0.1) is 0 Å². The van der Waals surface area contributed by atoms with E-state index in [0.29, 0.717) is 0 Å². The molecule has 1 amide bonds. The van der Waals surface area contributed by atoms with Gasteiger partial charge in [0.15, 0.2) is 0 Å². The van der Waals surface area contributed by atoms with Gasteiger partial charge < -0.3 is 5.11 Å². The Morgan fingerprint density at radius 1 is 0.893 bits per heavy atom. The SMILES string of the molecule is CON(C(=O)Cc1ccc(C(=O)O)cc1)C1c2ccccc2-c2ccccc21. The van der Waals surface area contributed by atoms with E-state index < -0.39 is 5.97 Å². The molecule has 0 unspecified atom stereocenters. The average Bonchev–Trinajstić information content (AvgIpc) is 3.04. The predicted octanol–water partition coefficient (Wildman–Crippen LogP) is 4.09. The molecular formula is C23H19NO4. The zero-order valence-electron chi connectivity index (χ0n) is 15.3. The van der Waals surface area contributed by atoms with Gasteiger partial charge in [0.2, 0.25) is 0 Å². The van der Waals surface area contributed by atoms with Gasteiger partial charge in [-0.3, -0.25) is 9.63 Å². The van der Waals surface area contributed by atoms with Crippen LogP contribution in [0, 0.1) is 0 Å². The van der Waals surface area contributed by atoms with E-state index in [2.05, 4.69) is 12.1 Å². The second-order valence-electron chi connectivity index (χ2n) is 6.66. The Morgan fingerprint density at radius 2 is 1.43 bits per heavy atom. The number of benzene rings is 3. The van der Waals surface area contributed by atoms with Gasteiger partial charge in [0.1, 0.15) is 6.04 Å². The molecular weight excluding hydrogens is 354 g/mol. The Kier molecular flexibility index (Phi) is 4.67. The Balaban J connectivity index is 1.65. The first kappa shape index (κ1) is 17.9. The number of fused-ring (bicyclic) bond motifs is 3. The van der Waals surface area contributed by atoms with Crippen molar-refractivity contribution in [3.63, 3.8) is 0 Å². The second-order valence-corrected chi connectivity index (χ2v) is 6.66. The maximum atomic E-state index is 13.1. The molecule has 1 aliphatic rings. The number of carboxylic acid groups (broad SMARTS) is 1. The predicted molar refractivity (Wildman–Crippen MR) is 105 cm³/mol. The molecule has 3 aromatic carbocycles. The van der Waals surface area contributed by atoms with Crippen molar-refractivity contribution >= 4 is 11.9 Å². The van der Waals surface area contributed by atoms with Crippen molar-refractivity contribution in [2.45, 2.75) is 12.5 Å². The molecule has 0 spiro atoms. The zero-order chi connectivity index (χ0) is 19.7. The molecule has 0 bridgehead atoms. The number of hydrogen-bond donors (Lipinski definition) is 1. The van der Waals surface area contributed by atoms with Gasteiger partial charge in [-0.2, -0.15) is 0 Å². The number of hydrogen-bond acceptors (Lipinski definition) is 3. The summed E-state index contributed by atoms with van der Waals surface area (Å²) < 4.78 is 0. The number of carbonyl (C=O) groups excluding carboxylic acids is 1. The molecule has 1 N–H and O–H groups in total. The van der Waals surface area contributed by atoms with E-state index in [1.54, 1.807) is 12.1 Å². The number of carboxylic acids is 1. The molecule has 5 heteroatoms. The Bertz CT molecular complexity index is 997. The van der Waals surface area contributed by atoms with Crippen molar-refractivity contribution in [3.8, 4) is 11.1 Å². The molecule has 0 aromatic heterocycles. The van der Waals surface area contributed by atoms with Crippen molar-refractivity contribution in [1.82, 2.24) is 5.06 Å². The molecule has 0 radical (unpaired) electrons. The highest BCUT2D eigenvalue weighted by atomic mass is 16.7. The molecule has 0 saturated carbocycles. The third-order valence-electron chi connectivity index (χ3n) is 5.03. The monoisotopic (exact) mass is 373 g/mol. The van der Waals surface area contributed by atoms with Crippen molar-refractivity contribution in [2.24, 2.45) is 0 Å². The highest BCUT2D eigenvalue weighted by Crippen LogP contribution is 2.46. The molecule has 3 aromatic rings. The summed E-state index contributed by atoms with van der Waals surface area (Å²) in [6.45, 7) is 0. The van der Waals surface area contributed by atoms with Crippen LogP contribution in [0.4, 0.5) is 0 Å². The minimum Gasteiger partial charge on any atom is -0.478 e. The lowest BCUT2D eigenvalue weighted by Gasteiger charge is -2.28. The van der Waals surface area contributed by atoms with Gasteiger partial charge in [-0.1, -0.05) is 60.7 Å². The van der Waals surface area contributed by atoms with Gasteiger partial charge >= 0.3 is 5.97 Å². The number of hydroxylamine groups is 2. The van der Waals surface area contributed by atoms with Gasteiger partial charge in [0.05, 0.1) is 19.1 Å². The summed E-state index contributed by atoms with van der Waals surface area (Å²) in [6, 6.07) is 22.0. The van der Waals surface area contributed by atoms with E-state index in [1.165, 1.54) is 24.3 Å². The second kappa shape index (κ2) is 7.29. The average molecular weight is 373 g/mol. The maximum Gasteiger partial charge on any atom is 0.335 e. The van der Waals surface area contributed by atoms with Gasteiger partial charge in [-0.25, -0.2) is 9.86 Å². The van der Waals surface area contributed by atoms with Crippen LogP contribution in [0.1, 0.15) is 33.1 Å². The summed E-state index contributed by atoms with van der Waals surface area (Å²) in [4.78, 5) is 29.6. The topological polar surface area (TPSA) is 66.8 Å². The lowest BCUT2D eigenvalue weighted by molar-refractivity contribution is -0.184. The summed E-state index contributed by atoms with van der Waals surface area (Å²) in [5.74, 6) is -1.18. The van der Waals surface area contributed by atoms with Gasteiger partial charge in [0, 0.05) is 0 Å². The normalized spacial score (nSPS) is 12.3. The van der Waals surface area contributed by atoms with Crippen LogP contribution in [0.5, 0.6) is 0 Å². The molecule has 5 nitrogen and oxygen atoms in total. The highest BCUT2D eigenvalue weighted by molar-refractivity contribution is 5.88. The van der Waals surface area contributed by atoms with E-state index in [0.717, 1.165) is 27.8 Å². The standard InChI is InChI=1S/C23H19NO4/c1-28-24(21(25)14-15-10-12-16(13-11-15)23(26)27)22-19-8-4-2-6-17(19)18-7-3-5-9-20(18)22/h2-13,22H,14H2,1H3,(H,26,27). The lowest BCUT2D eigenvalue weighted by Crippen LogP contribution is -2.35. The zero-order valence-corrected chi connectivity index (χ0v) is 15.3. The fraction of sp³-hybridized carbons (Fsp3) is 0.130. The molecule has 0 saturated heterocycles. The smallest absolute Gasteiger partial charge is 0.335 e. The third kappa shape index (κ3) is 3.06. The van der Waals surface area contributed by atoms with E-state index in [4.69, 9.17) is 9.94 Å². The summed E-state index contributed by atoms with van der Waals surface area (Å²) in [5.41, 5.74) is 5.18. The van der Waals surface area contributed by atoms with E-state index in [1.807, 2.05) is 36.4 Å². The van der Waals surface area contributed by atoms with E-state index in [-0.39, 0.29) is 23.9 Å². The van der Waals surface area contributed by atoms with Crippen molar-refractivity contribution in [1.29, 1.82) is 0 Å². The fourth-order valence-corrected chi connectivity index (χ4v) is 3.75. The number of nitrogens with zero attached hydrogens (tertiary/aromatic N) is 1. The minimum absolute atomic E-state index is 0.120. The Hall–Kier alpha value is -3.44. The Morgan fingerprint density at radius 3 is 1.93 bits per heavy atom. The first-order valence-corrected chi connectivity index (χ1v) is 8.97. The van der Waals surface area contributed by atoms with Crippen LogP contribution in [0.2, 0.25) is 0 Å². The number of carbonyl (C=O) groups is 2. The van der Waals surface area contributed by atoms with Crippen LogP contribution >= 0.6 is 0 Å². The largest absolute Gasteiger partial charge is 0.478 e. The fourth-order valence-electron chi connectivity index (χ4n) is 3.75. The maximum absolute atomic E-state index is 13.1. The number of amides is 1. The Labute approximate surface area is 162 Å². The minimum atomic E-state index is -0.990. The van der Waals surface area contributed by atoms with Crippen LogP contribution in [0.3, 0.4) is 0 Å². The lowest BCUT2D eigenvalue weighted by atomic mass is 10.0. The third-order valence-corrected chi connectivity index (χ3v) is 5.03. The van der Waals surface area contributed by atoms with Crippen LogP contribution in [-0.2, 0) is 16.1 Å². The molecule has 0 aliphatic heterocycles. The molecule has 4 rings (SSSR count). The van der Waals surface area contributed by atoms with Crippen LogP contribution in [0.15, 0.2) is 72.8 Å². The van der Waals surface area contributed by atoms with Crippen LogP contribution < -0.4 is 0 Å². The summed E-state index contributed by atoms with van der Waals surface area (Å²) >= 11 is 0. The number of rotatable bonds is 5. The molecule has 0 fully saturated rings. The molecule has 1 aliphatic carbocycles. The first-order chi connectivity index (χ1) is 13.6. The summed E-state index contributed by atoms with van der Waals surface area (Å²) in [5, 5.41) is 10.4. The van der Waals surface area contributed by atoms with Gasteiger partial charge in [0.25, 0.3) is 5.91 Å². The van der Waals surface area contributed by atoms with Crippen molar-refractivity contribution in [3.05, 3.63) is 95.1 Å². The first-order valence-electron chi connectivity index (χ1n) is 8.97. The molecule has 0 heterocycles. The molecule has 140 valence electrons. The van der Waals surface area contributed by atoms with E-state index in [9.17, 15) is 9.59 Å². The van der Waals surface area contributed by atoms with E-state index >= 15 is 0 Å². The van der Waals surface area contributed by atoms with Gasteiger partial charge in [-0.05, 0) is 39.9 Å². The highest BCUT2D eigenvalue weighted by Gasteiger charge is 2.35. The summed E-state index contributed by atoms with van der Waals surface area (Å²) in [6.07, 6.45) is 0.120.